The lowest BCUT2D eigenvalue weighted by molar-refractivity contribution is 0.397. The number of alkyl halides is 1. The molecule has 1 heteroatoms. The van der Waals surface area contributed by atoms with Gasteiger partial charge in [-0.1, -0.05) is 29.8 Å². The van der Waals surface area contributed by atoms with Crippen LogP contribution in [0, 0.1) is 11.8 Å². The van der Waals surface area contributed by atoms with Crippen molar-refractivity contribution in [3.8, 4) is 0 Å². The van der Waals surface area contributed by atoms with Crippen LogP contribution in [-0.4, -0.2) is 4.83 Å². The highest BCUT2D eigenvalue weighted by Crippen LogP contribution is 2.34. The molecular weight excluding hydrogens is 176 g/mol. The van der Waals surface area contributed by atoms with E-state index in [4.69, 9.17) is 0 Å². The van der Waals surface area contributed by atoms with Crippen molar-refractivity contribution in [3.63, 3.8) is 0 Å². The fourth-order valence-corrected chi connectivity index (χ4v) is 2.31. The maximum absolute atomic E-state index is 3.65. The highest BCUT2D eigenvalue weighted by Gasteiger charge is 2.24. The van der Waals surface area contributed by atoms with E-state index in [-0.39, 0.29) is 0 Å². The molecule has 9 heavy (non-hydrogen) atoms. The summed E-state index contributed by atoms with van der Waals surface area (Å²) in [4.78, 5) is 0.824. The fourth-order valence-electron chi connectivity index (χ4n) is 1.56. The largest absolute Gasteiger partial charge is 0.0891 e. The molecule has 2 unspecified atom stereocenters. The minimum atomic E-state index is 0.824. The Balaban J connectivity index is 2.30. The Morgan fingerprint density at radius 1 is 1.33 bits per heavy atom. The molecule has 1 aliphatic rings. The lowest BCUT2D eigenvalue weighted by Crippen LogP contribution is -2.03. The van der Waals surface area contributed by atoms with E-state index >= 15 is 0 Å². The smallest absolute Gasteiger partial charge is 0.0148 e. The van der Waals surface area contributed by atoms with Crippen LogP contribution in [0.5, 0.6) is 0 Å². The zero-order valence-corrected chi connectivity index (χ0v) is 7.82. The van der Waals surface area contributed by atoms with Gasteiger partial charge in [-0.25, -0.2) is 0 Å². The summed E-state index contributed by atoms with van der Waals surface area (Å²) >= 11 is 3.65. The predicted molar refractivity (Wildman–Crippen MR) is 44.9 cm³/mol. The first-order chi connectivity index (χ1) is 4.20. The third-order valence-electron chi connectivity index (χ3n) is 2.35. The molecule has 0 N–H and O–H groups in total. The Hall–Kier alpha value is 0.480. The van der Waals surface area contributed by atoms with Gasteiger partial charge in [-0.2, -0.15) is 0 Å². The summed E-state index contributed by atoms with van der Waals surface area (Å²) in [5.74, 6) is 1.89. The summed E-state index contributed by atoms with van der Waals surface area (Å²) in [6.07, 6.45) is 4.23. The van der Waals surface area contributed by atoms with E-state index in [9.17, 15) is 0 Å². The third kappa shape index (κ3) is 1.96. The highest BCUT2D eigenvalue weighted by molar-refractivity contribution is 9.09. The molecule has 0 heterocycles. The van der Waals surface area contributed by atoms with Crippen molar-refractivity contribution in [2.75, 3.05) is 0 Å². The first-order valence-corrected chi connectivity index (χ1v) is 4.75. The van der Waals surface area contributed by atoms with Crippen LogP contribution in [0.2, 0.25) is 0 Å². The maximum Gasteiger partial charge on any atom is 0.0148 e. The van der Waals surface area contributed by atoms with Gasteiger partial charge >= 0.3 is 0 Å². The summed E-state index contributed by atoms with van der Waals surface area (Å²) < 4.78 is 0. The number of hydrogen-bond acceptors (Lipinski definition) is 0. The first-order valence-electron chi connectivity index (χ1n) is 3.84. The molecule has 1 saturated carbocycles. The summed E-state index contributed by atoms with van der Waals surface area (Å²) in [6.45, 7) is 4.66. The van der Waals surface area contributed by atoms with E-state index in [0.717, 1.165) is 16.7 Å². The number of rotatable bonds is 1. The van der Waals surface area contributed by atoms with Crippen LogP contribution >= 0.6 is 15.9 Å². The van der Waals surface area contributed by atoms with E-state index in [1.54, 1.807) is 0 Å². The summed E-state index contributed by atoms with van der Waals surface area (Å²) in [5, 5.41) is 0. The maximum atomic E-state index is 3.65. The number of hydrogen-bond donors (Lipinski definition) is 0. The number of halogens is 1. The van der Waals surface area contributed by atoms with Crippen LogP contribution in [0.1, 0.15) is 33.1 Å². The predicted octanol–water partition coefficient (Wildman–Crippen LogP) is 3.21. The van der Waals surface area contributed by atoms with Crippen molar-refractivity contribution in [3.05, 3.63) is 0 Å². The van der Waals surface area contributed by atoms with E-state index in [2.05, 4.69) is 29.8 Å². The zero-order chi connectivity index (χ0) is 6.85. The van der Waals surface area contributed by atoms with Gasteiger partial charge in [0.2, 0.25) is 0 Å². The molecule has 0 spiro atoms. The molecule has 1 aliphatic carbocycles. The topological polar surface area (TPSA) is 0 Å². The van der Waals surface area contributed by atoms with Gasteiger partial charge in [0.15, 0.2) is 0 Å². The van der Waals surface area contributed by atoms with E-state index in [1.807, 2.05) is 0 Å². The van der Waals surface area contributed by atoms with Gasteiger partial charge in [0.25, 0.3) is 0 Å². The average Bonchev–Trinajstić information content (AvgIpc) is 2.14. The van der Waals surface area contributed by atoms with Crippen LogP contribution in [0.4, 0.5) is 0 Å². The minimum Gasteiger partial charge on any atom is -0.0891 e. The third-order valence-corrected chi connectivity index (χ3v) is 3.18. The Labute approximate surface area is 66.2 Å². The van der Waals surface area contributed by atoms with Gasteiger partial charge in [-0.15, -0.1) is 0 Å². The van der Waals surface area contributed by atoms with Gasteiger partial charge in [-0.3, -0.25) is 0 Å². The molecule has 0 saturated heterocycles. The van der Waals surface area contributed by atoms with Gasteiger partial charge in [0.1, 0.15) is 0 Å². The van der Waals surface area contributed by atoms with Gasteiger partial charge < -0.3 is 0 Å². The Morgan fingerprint density at radius 3 is 2.22 bits per heavy atom. The fraction of sp³-hybridized carbons (Fsp3) is 1.00. The molecular formula is C8H15Br. The van der Waals surface area contributed by atoms with Gasteiger partial charge in [0.05, 0.1) is 0 Å². The van der Waals surface area contributed by atoms with E-state index < -0.39 is 0 Å². The van der Waals surface area contributed by atoms with Crippen LogP contribution in [0.3, 0.4) is 0 Å². The van der Waals surface area contributed by atoms with Crippen molar-refractivity contribution in [2.24, 2.45) is 11.8 Å². The lowest BCUT2D eigenvalue weighted by atomic mass is 9.95. The average molecular weight is 191 g/mol. The van der Waals surface area contributed by atoms with Crippen LogP contribution < -0.4 is 0 Å². The SMILES string of the molecule is CC(C)C1CCC(Br)C1. The Kier molecular flexibility index (Phi) is 2.57. The summed E-state index contributed by atoms with van der Waals surface area (Å²) in [7, 11) is 0. The van der Waals surface area contributed by atoms with Crippen LogP contribution in [-0.2, 0) is 0 Å². The first kappa shape index (κ1) is 7.59. The molecule has 0 bridgehead atoms. The molecule has 1 rings (SSSR count). The van der Waals surface area contributed by atoms with Crippen LogP contribution in [0.15, 0.2) is 0 Å². The van der Waals surface area contributed by atoms with Crippen molar-refractivity contribution >= 4 is 15.9 Å². The molecule has 0 nitrogen and oxygen atoms in total. The normalized spacial score (nSPS) is 36.0. The van der Waals surface area contributed by atoms with Crippen molar-refractivity contribution in [1.29, 1.82) is 0 Å². The van der Waals surface area contributed by atoms with E-state index in [0.29, 0.717) is 0 Å². The Bertz CT molecular complexity index is 88.6. The molecule has 1 fully saturated rings. The van der Waals surface area contributed by atoms with Crippen molar-refractivity contribution in [1.82, 2.24) is 0 Å². The molecule has 0 aromatic heterocycles. The quantitative estimate of drug-likeness (QED) is 0.558. The monoisotopic (exact) mass is 190 g/mol. The molecule has 0 aromatic rings. The second-order valence-electron chi connectivity index (χ2n) is 3.41. The van der Waals surface area contributed by atoms with E-state index in [1.165, 1.54) is 19.3 Å². The second-order valence-corrected chi connectivity index (χ2v) is 4.71. The Morgan fingerprint density at radius 2 is 2.00 bits per heavy atom. The molecule has 2 atom stereocenters. The molecule has 0 aliphatic heterocycles. The summed E-state index contributed by atoms with van der Waals surface area (Å²) in [5.41, 5.74) is 0. The molecule has 54 valence electrons. The summed E-state index contributed by atoms with van der Waals surface area (Å²) in [6, 6.07) is 0. The molecule has 0 radical (unpaired) electrons. The highest BCUT2D eigenvalue weighted by atomic mass is 79.9. The van der Waals surface area contributed by atoms with Crippen molar-refractivity contribution < 1.29 is 0 Å². The lowest BCUT2D eigenvalue weighted by Gasteiger charge is -2.12. The molecule has 0 aromatic carbocycles. The standard InChI is InChI=1S/C8H15Br/c1-6(2)7-3-4-8(9)5-7/h6-8H,3-5H2,1-2H3. The second kappa shape index (κ2) is 3.05. The van der Waals surface area contributed by atoms with Gasteiger partial charge in [0, 0.05) is 4.83 Å². The van der Waals surface area contributed by atoms with Crippen LogP contribution in [0.25, 0.3) is 0 Å². The molecule has 0 amide bonds. The van der Waals surface area contributed by atoms with Gasteiger partial charge in [-0.05, 0) is 31.1 Å². The minimum absolute atomic E-state index is 0.824. The van der Waals surface area contributed by atoms with Crippen molar-refractivity contribution in [2.45, 2.75) is 37.9 Å². The zero-order valence-electron chi connectivity index (χ0n) is 6.23.